The molecule has 0 aromatic heterocycles. The lowest BCUT2D eigenvalue weighted by atomic mass is 9.78. The molecule has 2 N–H and O–H groups in total. The van der Waals surface area contributed by atoms with Crippen molar-refractivity contribution in [2.45, 2.75) is 58.0 Å². The third kappa shape index (κ3) is 7.19. The first-order chi connectivity index (χ1) is 18.9. The molecule has 2 aromatic carbocycles. The summed E-state index contributed by atoms with van der Waals surface area (Å²) >= 11 is 0. The minimum atomic E-state index is -0.209. The van der Waals surface area contributed by atoms with E-state index in [1.54, 1.807) is 0 Å². The Labute approximate surface area is 229 Å². The highest BCUT2D eigenvalue weighted by Crippen LogP contribution is 2.31. The van der Waals surface area contributed by atoms with Gasteiger partial charge in [0.2, 0.25) is 17.7 Å². The standard InChI is InChI=1S/C31H37N3O5/c35-28-11-9-25(31(38)33-28)7-5-24-6-8-26-17-22(4-10-27(26)30(24)37)19-32-29(36)18-21-2-1-3-23(16-21)20-34-12-14-39-15-13-34/h1-4,10,16-17,24-25H,5-9,11-15,18-20H2,(H,32,36)(H,33,35,38). The van der Waals surface area contributed by atoms with E-state index in [1.807, 2.05) is 30.3 Å². The molecule has 2 unspecified atom stereocenters. The molecule has 39 heavy (non-hydrogen) atoms. The Morgan fingerprint density at radius 2 is 1.69 bits per heavy atom. The zero-order chi connectivity index (χ0) is 27.2. The number of nitrogens with zero attached hydrogens (tertiary/aromatic N) is 1. The zero-order valence-electron chi connectivity index (χ0n) is 22.4. The number of hydrogen-bond donors (Lipinski definition) is 2. The summed E-state index contributed by atoms with van der Waals surface area (Å²) in [4.78, 5) is 51.6. The van der Waals surface area contributed by atoms with Crippen LogP contribution in [0.4, 0.5) is 0 Å². The number of fused-ring (bicyclic) bond motifs is 1. The van der Waals surface area contributed by atoms with E-state index < -0.39 is 0 Å². The summed E-state index contributed by atoms with van der Waals surface area (Å²) in [5, 5.41) is 5.43. The van der Waals surface area contributed by atoms with E-state index in [9.17, 15) is 19.2 Å². The van der Waals surface area contributed by atoms with Gasteiger partial charge in [-0.25, -0.2) is 0 Å². The molecule has 3 aliphatic rings. The van der Waals surface area contributed by atoms with E-state index in [1.165, 1.54) is 5.56 Å². The number of ether oxygens (including phenoxy) is 1. The van der Waals surface area contributed by atoms with Crippen LogP contribution in [0.5, 0.6) is 0 Å². The number of Topliss-reactive ketones (excluding diaryl/α,β-unsaturated/α-hetero) is 1. The summed E-state index contributed by atoms with van der Waals surface area (Å²) in [6.45, 7) is 4.69. The number of imide groups is 1. The predicted octanol–water partition coefficient (Wildman–Crippen LogP) is 2.96. The molecular formula is C31H37N3O5. The summed E-state index contributed by atoms with van der Waals surface area (Å²) in [5.74, 6) is -0.582. The van der Waals surface area contributed by atoms with Crippen LogP contribution in [0.2, 0.25) is 0 Å². The molecule has 0 radical (unpaired) electrons. The van der Waals surface area contributed by atoms with Gasteiger partial charge in [0.05, 0.1) is 19.6 Å². The van der Waals surface area contributed by atoms with Gasteiger partial charge in [-0.3, -0.25) is 29.4 Å². The minimum absolute atomic E-state index is 0.0270. The van der Waals surface area contributed by atoms with E-state index in [2.05, 4.69) is 27.7 Å². The molecule has 2 heterocycles. The van der Waals surface area contributed by atoms with Crippen LogP contribution in [-0.4, -0.2) is 54.7 Å². The van der Waals surface area contributed by atoms with Gasteiger partial charge in [-0.05, 0) is 54.4 Å². The van der Waals surface area contributed by atoms with Gasteiger partial charge < -0.3 is 10.1 Å². The van der Waals surface area contributed by atoms with Gasteiger partial charge in [0.25, 0.3) is 0 Å². The molecule has 8 heteroatoms. The molecule has 2 saturated heterocycles. The van der Waals surface area contributed by atoms with E-state index >= 15 is 0 Å². The maximum absolute atomic E-state index is 13.1. The highest BCUT2D eigenvalue weighted by atomic mass is 16.5. The number of carbonyl (C=O) groups is 4. The van der Waals surface area contributed by atoms with Crippen molar-refractivity contribution < 1.29 is 23.9 Å². The third-order valence-electron chi connectivity index (χ3n) is 8.14. The van der Waals surface area contributed by atoms with Gasteiger partial charge in [-0.1, -0.05) is 42.5 Å². The SMILES string of the molecule is O=C(Cc1cccc(CN2CCOCC2)c1)NCc1ccc2c(c1)CCC(CCC1CCC(=O)NC1=O)C2=O. The fourth-order valence-corrected chi connectivity index (χ4v) is 5.88. The van der Waals surface area contributed by atoms with Crippen molar-refractivity contribution in [3.63, 3.8) is 0 Å². The molecule has 0 saturated carbocycles. The maximum Gasteiger partial charge on any atom is 0.229 e. The first kappa shape index (κ1) is 27.2. The lowest BCUT2D eigenvalue weighted by Crippen LogP contribution is -2.41. The highest BCUT2D eigenvalue weighted by Gasteiger charge is 2.31. The van der Waals surface area contributed by atoms with Crippen LogP contribution in [-0.2, 0) is 45.1 Å². The van der Waals surface area contributed by atoms with Crippen molar-refractivity contribution in [2.75, 3.05) is 26.3 Å². The maximum atomic E-state index is 13.1. The van der Waals surface area contributed by atoms with Crippen LogP contribution in [0.3, 0.4) is 0 Å². The van der Waals surface area contributed by atoms with Crippen LogP contribution < -0.4 is 10.6 Å². The second-order valence-electron chi connectivity index (χ2n) is 11.0. The summed E-state index contributed by atoms with van der Waals surface area (Å²) in [5.41, 5.74) is 4.97. The molecule has 2 aliphatic heterocycles. The predicted molar refractivity (Wildman–Crippen MR) is 146 cm³/mol. The Morgan fingerprint density at radius 1 is 0.923 bits per heavy atom. The Morgan fingerprint density at radius 3 is 2.51 bits per heavy atom. The number of ketones is 1. The molecule has 8 nitrogen and oxygen atoms in total. The van der Waals surface area contributed by atoms with Crippen molar-refractivity contribution in [3.8, 4) is 0 Å². The van der Waals surface area contributed by atoms with Crippen molar-refractivity contribution in [1.29, 1.82) is 0 Å². The van der Waals surface area contributed by atoms with Gasteiger partial charge >= 0.3 is 0 Å². The van der Waals surface area contributed by atoms with Crippen molar-refractivity contribution in [2.24, 2.45) is 11.8 Å². The topological polar surface area (TPSA) is 105 Å². The molecule has 2 atom stereocenters. The van der Waals surface area contributed by atoms with Gasteiger partial charge in [-0.15, -0.1) is 0 Å². The normalized spacial score (nSPS) is 21.8. The van der Waals surface area contributed by atoms with E-state index in [4.69, 9.17) is 4.74 Å². The Balaban J connectivity index is 1.10. The van der Waals surface area contributed by atoms with E-state index in [-0.39, 0.29) is 35.3 Å². The molecular weight excluding hydrogens is 494 g/mol. The summed E-state index contributed by atoms with van der Waals surface area (Å²) in [6.07, 6.45) is 4.13. The Kier molecular flexibility index (Phi) is 8.84. The van der Waals surface area contributed by atoms with Gasteiger partial charge in [-0.2, -0.15) is 0 Å². The molecule has 0 bridgehead atoms. The third-order valence-corrected chi connectivity index (χ3v) is 8.14. The number of nitrogens with one attached hydrogen (secondary N) is 2. The first-order valence-corrected chi connectivity index (χ1v) is 14.1. The molecule has 206 valence electrons. The minimum Gasteiger partial charge on any atom is -0.379 e. The molecule has 3 amide bonds. The van der Waals surface area contributed by atoms with Crippen LogP contribution in [0.1, 0.15) is 64.7 Å². The molecule has 0 spiro atoms. The molecule has 2 aromatic rings. The smallest absolute Gasteiger partial charge is 0.229 e. The van der Waals surface area contributed by atoms with Crippen molar-refractivity contribution >= 4 is 23.5 Å². The number of benzene rings is 2. The van der Waals surface area contributed by atoms with Crippen LogP contribution in [0.15, 0.2) is 42.5 Å². The lowest BCUT2D eigenvalue weighted by molar-refractivity contribution is -0.136. The monoisotopic (exact) mass is 531 g/mol. The second-order valence-corrected chi connectivity index (χ2v) is 11.0. The van der Waals surface area contributed by atoms with Gasteiger partial charge in [0.1, 0.15) is 0 Å². The summed E-state index contributed by atoms with van der Waals surface area (Å²) in [6, 6.07) is 14.0. The Bertz CT molecular complexity index is 1240. The van der Waals surface area contributed by atoms with Crippen molar-refractivity contribution in [3.05, 3.63) is 70.3 Å². The number of morpholine rings is 1. The van der Waals surface area contributed by atoms with E-state index in [0.29, 0.717) is 38.6 Å². The van der Waals surface area contributed by atoms with Crippen LogP contribution in [0, 0.1) is 11.8 Å². The molecule has 2 fully saturated rings. The molecule has 1 aliphatic carbocycles. The fourth-order valence-electron chi connectivity index (χ4n) is 5.88. The number of piperidine rings is 1. The van der Waals surface area contributed by atoms with Gasteiger partial charge in [0.15, 0.2) is 5.78 Å². The zero-order valence-corrected chi connectivity index (χ0v) is 22.4. The van der Waals surface area contributed by atoms with Crippen LogP contribution >= 0.6 is 0 Å². The Hall–Kier alpha value is -3.36. The summed E-state index contributed by atoms with van der Waals surface area (Å²) in [7, 11) is 0. The van der Waals surface area contributed by atoms with E-state index in [0.717, 1.165) is 67.9 Å². The average Bonchev–Trinajstić information content (AvgIpc) is 2.93. The number of aryl methyl sites for hydroxylation is 1. The number of rotatable bonds is 9. The average molecular weight is 532 g/mol. The molecule has 5 rings (SSSR count). The number of amides is 3. The van der Waals surface area contributed by atoms with Gasteiger partial charge in [0, 0.05) is 50.0 Å². The largest absolute Gasteiger partial charge is 0.379 e. The lowest BCUT2D eigenvalue weighted by Gasteiger charge is -2.26. The summed E-state index contributed by atoms with van der Waals surface area (Å²) < 4.78 is 5.42. The van der Waals surface area contributed by atoms with Crippen LogP contribution in [0.25, 0.3) is 0 Å². The fraction of sp³-hybridized carbons (Fsp3) is 0.484. The second kappa shape index (κ2) is 12.7. The quantitative estimate of drug-likeness (QED) is 0.482. The number of hydrogen-bond acceptors (Lipinski definition) is 6. The highest BCUT2D eigenvalue weighted by molar-refractivity contribution is 6.00. The first-order valence-electron chi connectivity index (χ1n) is 14.1. The van der Waals surface area contributed by atoms with Crippen molar-refractivity contribution in [1.82, 2.24) is 15.5 Å². The number of carbonyl (C=O) groups excluding carboxylic acids is 4.